The normalized spacial score (nSPS) is 11.1. The standard InChI is InChI=1S/C13H20N2O4S/c1-3-9-20(17,18)14-10-13(16)15-11-5-7-12(8-6-11)19-4-2/h5-8,14H,3-4,9-10H2,1-2H3,(H,15,16). The molecule has 7 heteroatoms. The van der Waals surface area contributed by atoms with Crippen LogP contribution in [-0.2, 0) is 14.8 Å². The lowest BCUT2D eigenvalue weighted by atomic mass is 10.3. The molecule has 1 aromatic carbocycles. The van der Waals surface area contributed by atoms with Crippen molar-refractivity contribution in [3.63, 3.8) is 0 Å². The van der Waals surface area contributed by atoms with Crippen molar-refractivity contribution in [1.29, 1.82) is 0 Å². The van der Waals surface area contributed by atoms with E-state index in [1.165, 1.54) is 0 Å². The lowest BCUT2D eigenvalue weighted by molar-refractivity contribution is -0.115. The molecule has 0 unspecified atom stereocenters. The van der Waals surface area contributed by atoms with Gasteiger partial charge < -0.3 is 10.1 Å². The largest absolute Gasteiger partial charge is 0.494 e. The molecule has 1 amide bonds. The zero-order chi connectivity index (χ0) is 15.0. The summed E-state index contributed by atoms with van der Waals surface area (Å²) in [5.74, 6) is 0.326. The first-order chi connectivity index (χ1) is 9.46. The van der Waals surface area contributed by atoms with Crippen LogP contribution in [0.1, 0.15) is 20.3 Å². The molecule has 1 rings (SSSR count). The molecule has 6 nitrogen and oxygen atoms in total. The lowest BCUT2D eigenvalue weighted by Crippen LogP contribution is -2.34. The smallest absolute Gasteiger partial charge is 0.239 e. The number of hydrogen-bond donors (Lipinski definition) is 2. The van der Waals surface area contributed by atoms with Crippen LogP contribution in [0.4, 0.5) is 5.69 Å². The van der Waals surface area contributed by atoms with E-state index in [1.54, 1.807) is 31.2 Å². The van der Waals surface area contributed by atoms with E-state index in [4.69, 9.17) is 4.74 Å². The molecular weight excluding hydrogens is 280 g/mol. The number of amides is 1. The average Bonchev–Trinajstić information content (AvgIpc) is 2.39. The van der Waals surface area contributed by atoms with Gasteiger partial charge in [0.1, 0.15) is 5.75 Å². The molecule has 0 heterocycles. The number of anilines is 1. The van der Waals surface area contributed by atoms with Gasteiger partial charge >= 0.3 is 0 Å². The highest BCUT2D eigenvalue weighted by Crippen LogP contribution is 2.15. The number of nitrogens with one attached hydrogen (secondary N) is 2. The van der Waals surface area contributed by atoms with Crippen LogP contribution in [0.3, 0.4) is 0 Å². The maximum Gasteiger partial charge on any atom is 0.239 e. The van der Waals surface area contributed by atoms with Gasteiger partial charge in [-0.25, -0.2) is 13.1 Å². The number of carbonyl (C=O) groups excluding carboxylic acids is 1. The molecule has 0 saturated heterocycles. The van der Waals surface area contributed by atoms with Gasteiger partial charge in [0.15, 0.2) is 0 Å². The second kappa shape index (κ2) is 7.86. The van der Waals surface area contributed by atoms with E-state index in [0.717, 1.165) is 0 Å². The summed E-state index contributed by atoms with van der Waals surface area (Å²) in [5, 5.41) is 2.60. The van der Waals surface area contributed by atoms with Crippen LogP contribution < -0.4 is 14.8 Å². The van der Waals surface area contributed by atoms with Gasteiger partial charge in [-0.1, -0.05) is 6.92 Å². The second-order valence-corrected chi connectivity index (χ2v) is 6.07. The molecule has 0 spiro atoms. The molecule has 0 aliphatic heterocycles. The van der Waals surface area contributed by atoms with Gasteiger partial charge in [0.25, 0.3) is 0 Å². The zero-order valence-corrected chi connectivity index (χ0v) is 12.5. The zero-order valence-electron chi connectivity index (χ0n) is 11.7. The summed E-state index contributed by atoms with van der Waals surface area (Å²) in [7, 11) is -3.36. The molecule has 0 aliphatic rings. The molecule has 0 bridgehead atoms. The maximum atomic E-state index is 11.6. The van der Waals surface area contributed by atoms with E-state index >= 15 is 0 Å². The van der Waals surface area contributed by atoms with Crippen LogP contribution in [0.5, 0.6) is 5.75 Å². The highest BCUT2D eigenvalue weighted by Gasteiger charge is 2.11. The quantitative estimate of drug-likeness (QED) is 0.759. The topological polar surface area (TPSA) is 84.5 Å². The minimum absolute atomic E-state index is 0.0172. The van der Waals surface area contributed by atoms with Gasteiger partial charge in [-0.15, -0.1) is 0 Å². The highest BCUT2D eigenvalue weighted by molar-refractivity contribution is 7.89. The van der Waals surface area contributed by atoms with Crippen LogP contribution in [-0.4, -0.2) is 33.2 Å². The minimum Gasteiger partial charge on any atom is -0.494 e. The van der Waals surface area contributed by atoms with Crippen molar-refractivity contribution in [2.45, 2.75) is 20.3 Å². The van der Waals surface area contributed by atoms with Gasteiger partial charge in [-0.3, -0.25) is 4.79 Å². The number of ether oxygens (including phenoxy) is 1. The Morgan fingerprint density at radius 2 is 1.85 bits per heavy atom. The van der Waals surface area contributed by atoms with Gasteiger partial charge in [0, 0.05) is 5.69 Å². The first kappa shape index (κ1) is 16.5. The van der Waals surface area contributed by atoms with Gasteiger partial charge in [-0.05, 0) is 37.6 Å². The fourth-order valence-electron chi connectivity index (χ4n) is 1.52. The van der Waals surface area contributed by atoms with Crippen LogP contribution >= 0.6 is 0 Å². The Bertz CT molecular complexity index is 526. The Hall–Kier alpha value is -1.60. The number of carbonyl (C=O) groups is 1. The molecule has 0 atom stereocenters. The Morgan fingerprint density at radius 3 is 2.40 bits per heavy atom. The highest BCUT2D eigenvalue weighted by atomic mass is 32.2. The van der Waals surface area contributed by atoms with E-state index in [-0.39, 0.29) is 12.3 Å². The molecule has 2 N–H and O–H groups in total. The summed E-state index contributed by atoms with van der Waals surface area (Å²) in [6.45, 7) is 3.96. The van der Waals surface area contributed by atoms with E-state index in [1.807, 2.05) is 6.92 Å². The van der Waals surface area contributed by atoms with E-state index in [9.17, 15) is 13.2 Å². The van der Waals surface area contributed by atoms with Crippen LogP contribution in [0.15, 0.2) is 24.3 Å². The van der Waals surface area contributed by atoms with Crippen molar-refractivity contribution >= 4 is 21.6 Å². The third-order valence-corrected chi connectivity index (χ3v) is 3.90. The van der Waals surface area contributed by atoms with Gasteiger partial charge in [0.2, 0.25) is 15.9 Å². The van der Waals surface area contributed by atoms with Crippen LogP contribution in [0, 0.1) is 0 Å². The van der Waals surface area contributed by atoms with Crippen molar-refractivity contribution < 1.29 is 17.9 Å². The average molecular weight is 300 g/mol. The first-order valence-electron chi connectivity index (χ1n) is 6.47. The third-order valence-electron chi connectivity index (χ3n) is 2.37. The van der Waals surface area contributed by atoms with E-state index < -0.39 is 15.9 Å². The van der Waals surface area contributed by atoms with Crippen molar-refractivity contribution in [3.8, 4) is 5.75 Å². The number of rotatable bonds is 8. The molecule has 0 aliphatic carbocycles. The van der Waals surface area contributed by atoms with Crippen molar-refractivity contribution in [2.75, 3.05) is 24.2 Å². The second-order valence-electron chi connectivity index (χ2n) is 4.15. The Labute approximate surface area is 119 Å². The van der Waals surface area contributed by atoms with Crippen molar-refractivity contribution in [1.82, 2.24) is 4.72 Å². The Morgan fingerprint density at radius 1 is 1.20 bits per heavy atom. The lowest BCUT2D eigenvalue weighted by Gasteiger charge is -2.08. The third kappa shape index (κ3) is 6.03. The molecule has 0 fully saturated rings. The Kier molecular flexibility index (Phi) is 6.47. The molecule has 0 radical (unpaired) electrons. The predicted octanol–water partition coefficient (Wildman–Crippen LogP) is 1.35. The summed E-state index contributed by atoms with van der Waals surface area (Å²) in [6, 6.07) is 6.87. The molecule has 20 heavy (non-hydrogen) atoms. The maximum absolute atomic E-state index is 11.6. The number of hydrogen-bond acceptors (Lipinski definition) is 4. The SMILES string of the molecule is CCCS(=O)(=O)NCC(=O)Nc1ccc(OCC)cc1. The molecule has 0 saturated carbocycles. The summed E-state index contributed by atoms with van der Waals surface area (Å²) in [4.78, 5) is 11.6. The summed E-state index contributed by atoms with van der Waals surface area (Å²) >= 11 is 0. The van der Waals surface area contributed by atoms with E-state index in [2.05, 4.69) is 10.0 Å². The summed E-state index contributed by atoms with van der Waals surface area (Å²) in [6.07, 6.45) is 0.510. The monoisotopic (exact) mass is 300 g/mol. The summed E-state index contributed by atoms with van der Waals surface area (Å²) < 4.78 is 30.3. The molecule has 112 valence electrons. The molecule has 0 aromatic heterocycles. The van der Waals surface area contributed by atoms with E-state index in [0.29, 0.717) is 24.5 Å². The van der Waals surface area contributed by atoms with Crippen LogP contribution in [0.25, 0.3) is 0 Å². The minimum atomic E-state index is -3.36. The van der Waals surface area contributed by atoms with Gasteiger partial charge in [-0.2, -0.15) is 0 Å². The molecule has 1 aromatic rings. The Balaban J connectivity index is 2.46. The van der Waals surface area contributed by atoms with Crippen LogP contribution in [0.2, 0.25) is 0 Å². The first-order valence-corrected chi connectivity index (χ1v) is 8.12. The van der Waals surface area contributed by atoms with Gasteiger partial charge in [0.05, 0.1) is 18.9 Å². The van der Waals surface area contributed by atoms with Crippen molar-refractivity contribution in [2.24, 2.45) is 0 Å². The fourth-order valence-corrected chi connectivity index (χ4v) is 2.56. The predicted molar refractivity (Wildman–Crippen MR) is 78.3 cm³/mol. The molecular formula is C13H20N2O4S. The number of benzene rings is 1. The fraction of sp³-hybridized carbons (Fsp3) is 0.462. The van der Waals surface area contributed by atoms with Crippen molar-refractivity contribution in [3.05, 3.63) is 24.3 Å². The number of sulfonamides is 1. The summed E-state index contributed by atoms with van der Waals surface area (Å²) in [5.41, 5.74) is 0.591.